The fourth-order valence-corrected chi connectivity index (χ4v) is 8.48. The Labute approximate surface area is 398 Å². The molecule has 2 fully saturated rings. The number of ether oxygens (including phenoxy) is 4. The van der Waals surface area contributed by atoms with Crippen LogP contribution < -0.4 is 5.32 Å². The molecule has 0 aromatic rings. The predicted octanol–water partition coefficient (Wildman–Crippen LogP) is 7.10. The number of hydrogen-bond donors (Lipinski definition) is 9. The van der Waals surface area contributed by atoms with E-state index in [0.717, 1.165) is 32.1 Å². The van der Waals surface area contributed by atoms with Crippen LogP contribution in [0.25, 0.3) is 0 Å². The van der Waals surface area contributed by atoms with Gasteiger partial charge in [-0.15, -0.1) is 0 Å². The lowest BCUT2D eigenvalue weighted by Gasteiger charge is -2.46. The first-order chi connectivity index (χ1) is 32.1. The van der Waals surface area contributed by atoms with Gasteiger partial charge in [-0.3, -0.25) is 4.79 Å². The SMILES string of the molecule is CCCCCCCC/C=C\CCCCCCCCCCCC(=O)NC(COC1OC(CO)C(OC2OC(CO)C(O)C(O)C2O)C(O)C1O)C(O)/C=C/CC/C=C/CCCCCCCCC. The largest absolute Gasteiger partial charge is 0.394 e. The Hall–Kier alpha value is -1.79. The molecule has 14 nitrogen and oxygen atoms in total. The van der Waals surface area contributed by atoms with Gasteiger partial charge in [-0.2, -0.15) is 0 Å². The maximum Gasteiger partial charge on any atom is 0.220 e. The van der Waals surface area contributed by atoms with Crippen LogP contribution in [0.15, 0.2) is 36.5 Å². The van der Waals surface area contributed by atoms with Crippen LogP contribution in [0.1, 0.15) is 194 Å². The molecule has 0 aromatic carbocycles. The second-order valence-electron chi connectivity index (χ2n) is 18.6. The standard InChI is InChI=1S/C52H95NO13/c1-3-5-7-9-11-13-15-17-18-19-20-21-22-24-26-28-30-32-34-36-44(57)53-40(41(56)35-33-31-29-27-25-23-16-14-12-10-8-6-4-2)39-63-51-49(62)47(60)50(43(38-55)65-51)66-52-48(61)46(59)45(58)42(37-54)64-52/h17-18,25,27,33,35,40-43,45-52,54-56,58-62H,3-16,19-24,26,28-32,34,36-39H2,1-2H3,(H,53,57)/b18-17-,27-25+,35-33+. The Morgan fingerprint density at radius 2 is 0.970 bits per heavy atom. The number of hydrogen-bond acceptors (Lipinski definition) is 13. The number of unbranched alkanes of at least 4 members (excludes halogenated alkanes) is 23. The Balaban J connectivity index is 1.83. The highest BCUT2D eigenvalue weighted by atomic mass is 16.7. The van der Waals surface area contributed by atoms with Crippen LogP contribution >= 0.6 is 0 Å². The van der Waals surface area contributed by atoms with E-state index in [1.165, 1.54) is 128 Å². The molecule has 14 heteroatoms. The Bertz CT molecular complexity index is 1250. The van der Waals surface area contributed by atoms with E-state index in [2.05, 4.69) is 43.5 Å². The highest BCUT2D eigenvalue weighted by Crippen LogP contribution is 2.30. The molecule has 0 bridgehead atoms. The van der Waals surface area contributed by atoms with Gasteiger partial charge in [0.25, 0.3) is 0 Å². The molecule has 2 heterocycles. The van der Waals surface area contributed by atoms with Crippen molar-refractivity contribution >= 4 is 5.91 Å². The summed E-state index contributed by atoms with van der Waals surface area (Å²) in [7, 11) is 0. The van der Waals surface area contributed by atoms with Crippen LogP contribution in [0.5, 0.6) is 0 Å². The summed E-state index contributed by atoms with van der Waals surface area (Å²) < 4.78 is 22.7. The third-order valence-electron chi connectivity index (χ3n) is 12.8. The van der Waals surface area contributed by atoms with Crippen molar-refractivity contribution in [3.63, 3.8) is 0 Å². The lowest BCUT2D eigenvalue weighted by atomic mass is 9.97. The maximum atomic E-state index is 13.2. The molecule has 66 heavy (non-hydrogen) atoms. The maximum absolute atomic E-state index is 13.2. The summed E-state index contributed by atoms with van der Waals surface area (Å²) in [4.78, 5) is 13.2. The van der Waals surface area contributed by atoms with Gasteiger partial charge in [0, 0.05) is 6.42 Å². The predicted molar refractivity (Wildman–Crippen MR) is 258 cm³/mol. The third-order valence-corrected chi connectivity index (χ3v) is 12.8. The van der Waals surface area contributed by atoms with Crippen LogP contribution in [-0.4, -0.2) is 140 Å². The zero-order valence-electron chi connectivity index (χ0n) is 40.9. The van der Waals surface area contributed by atoms with Gasteiger partial charge >= 0.3 is 0 Å². The second kappa shape index (κ2) is 39.0. The van der Waals surface area contributed by atoms with Gasteiger partial charge in [0.2, 0.25) is 5.91 Å². The highest BCUT2D eigenvalue weighted by Gasteiger charge is 2.51. The van der Waals surface area contributed by atoms with Crippen molar-refractivity contribution in [2.75, 3.05) is 19.8 Å². The van der Waals surface area contributed by atoms with Gasteiger partial charge in [-0.05, 0) is 57.8 Å². The third kappa shape index (κ3) is 25.7. The summed E-state index contributed by atoms with van der Waals surface area (Å²) in [5.74, 6) is -0.253. The zero-order valence-corrected chi connectivity index (χ0v) is 40.9. The van der Waals surface area contributed by atoms with Crippen LogP contribution in [0, 0.1) is 0 Å². The van der Waals surface area contributed by atoms with Gasteiger partial charge < -0.3 is 65.1 Å². The molecule has 9 N–H and O–H groups in total. The molecule has 0 saturated carbocycles. The van der Waals surface area contributed by atoms with E-state index in [1.807, 2.05) is 6.08 Å². The average molecular weight is 942 g/mol. The van der Waals surface area contributed by atoms with E-state index in [9.17, 15) is 45.6 Å². The minimum atomic E-state index is -1.79. The normalized spacial score (nSPS) is 27.1. The number of rotatable bonds is 40. The molecular weight excluding hydrogens is 847 g/mol. The van der Waals surface area contributed by atoms with Crippen molar-refractivity contribution in [2.45, 2.75) is 267 Å². The second-order valence-corrected chi connectivity index (χ2v) is 18.6. The molecule has 0 spiro atoms. The Kier molecular flexibility index (Phi) is 35.6. The van der Waals surface area contributed by atoms with Crippen molar-refractivity contribution in [2.24, 2.45) is 0 Å². The summed E-state index contributed by atoms with van der Waals surface area (Å²) in [6, 6.07) is -0.930. The van der Waals surface area contributed by atoms with E-state index in [-0.39, 0.29) is 18.9 Å². The smallest absolute Gasteiger partial charge is 0.220 e. The fourth-order valence-electron chi connectivity index (χ4n) is 8.48. The van der Waals surface area contributed by atoms with Crippen LogP contribution in [-0.2, 0) is 23.7 Å². The molecular formula is C52H95NO13. The van der Waals surface area contributed by atoms with Gasteiger partial charge in [0.1, 0.15) is 48.8 Å². The summed E-state index contributed by atoms with van der Waals surface area (Å²) in [6.07, 6.45) is 27.6. The molecule has 0 aliphatic carbocycles. The van der Waals surface area contributed by atoms with Crippen LogP contribution in [0.4, 0.5) is 0 Å². The molecule has 2 aliphatic rings. The molecule has 2 rings (SSSR count). The molecule has 0 aromatic heterocycles. The number of amides is 1. The number of carbonyl (C=O) groups is 1. The lowest BCUT2D eigenvalue weighted by molar-refractivity contribution is -0.359. The molecule has 12 unspecified atom stereocenters. The van der Waals surface area contributed by atoms with Crippen molar-refractivity contribution in [3.8, 4) is 0 Å². The molecule has 2 aliphatic heterocycles. The van der Waals surface area contributed by atoms with E-state index in [1.54, 1.807) is 6.08 Å². The van der Waals surface area contributed by atoms with Crippen LogP contribution in [0.2, 0.25) is 0 Å². The number of carbonyl (C=O) groups excluding carboxylic acids is 1. The number of nitrogens with one attached hydrogen (secondary N) is 1. The van der Waals surface area contributed by atoms with Crippen molar-refractivity contribution < 1.29 is 64.6 Å². The number of aliphatic hydroxyl groups is 8. The number of allylic oxidation sites excluding steroid dienone is 5. The van der Waals surface area contributed by atoms with Gasteiger partial charge in [-0.1, -0.05) is 166 Å². The average Bonchev–Trinajstić information content (AvgIpc) is 3.31. The molecule has 12 atom stereocenters. The van der Waals surface area contributed by atoms with Gasteiger partial charge in [-0.25, -0.2) is 0 Å². The lowest BCUT2D eigenvalue weighted by Crippen LogP contribution is -2.65. The first kappa shape index (κ1) is 60.3. The summed E-state index contributed by atoms with van der Waals surface area (Å²) in [6.45, 7) is 2.75. The van der Waals surface area contributed by atoms with Crippen molar-refractivity contribution in [1.29, 1.82) is 0 Å². The monoisotopic (exact) mass is 942 g/mol. The Morgan fingerprint density at radius 3 is 1.48 bits per heavy atom. The first-order valence-electron chi connectivity index (χ1n) is 26.2. The fraction of sp³-hybridized carbons (Fsp3) is 0.865. The van der Waals surface area contributed by atoms with E-state index >= 15 is 0 Å². The van der Waals surface area contributed by atoms with Crippen LogP contribution in [0.3, 0.4) is 0 Å². The van der Waals surface area contributed by atoms with Gasteiger partial charge in [0.05, 0.1) is 32.0 Å². The summed E-state index contributed by atoms with van der Waals surface area (Å²) in [5, 5.41) is 86.7. The zero-order chi connectivity index (χ0) is 48.2. The summed E-state index contributed by atoms with van der Waals surface area (Å²) in [5.41, 5.74) is 0. The molecule has 0 radical (unpaired) electrons. The van der Waals surface area contributed by atoms with E-state index < -0.39 is 86.8 Å². The van der Waals surface area contributed by atoms with Crippen molar-refractivity contribution in [1.82, 2.24) is 5.32 Å². The molecule has 2 saturated heterocycles. The van der Waals surface area contributed by atoms with E-state index in [0.29, 0.717) is 12.8 Å². The molecule has 386 valence electrons. The minimum absolute atomic E-state index is 0.253. The summed E-state index contributed by atoms with van der Waals surface area (Å²) >= 11 is 0. The van der Waals surface area contributed by atoms with Gasteiger partial charge in [0.15, 0.2) is 12.6 Å². The topological polar surface area (TPSA) is 228 Å². The minimum Gasteiger partial charge on any atom is -0.394 e. The van der Waals surface area contributed by atoms with Crippen molar-refractivity contribution in [3.05, 3.63) is 36.5 Å². The Morgan fingerprint density at radius 1 is 0.530 bits per heavy atom. The van der Waals surface area contributed by atoms with E-state index in [4.69, 9.17) is 18.9 Å². The quantitative estimate of drug-likeness (QED) is 0.0221. The highest BCUT2D eigenvalue weighted by molar-refractivity contribution is 5.76. The number of aliphatic hydroxyl groups excluding tert-OH is 8. The first-order valence-corrected chi connectivity index (χ1v) is 26.2. The molecule has 1 amide bonds.